The SMILES string of the molecule is C[C@@H]1CN(CC2CCN(C(=O)OCc3ccccc3)CC2)[C@@H](C)CN1C(=O)OC(C)(C)C. The quantitative estimate of drug-likeness (QED) is 0.689. The van der Waals surface area contributed by atoms with Crippen molar-refractivity contribution in [3.63, 3.8) is 0 Å². The molecule has 2 aliphatic heterocycles. The fourth-order valence-corrected chi connectivity index (χ4v) is 4.47. The van der Waals surface area contributed by atoms with Crippen LogP contribution in [0.3, 0.4) is 0 Å². The molecule has 7 heteroatoms. The molecule has 0 saturated carbocycles. The smallest absolute Gasteiger partial charge is 0.410 e. The molecule has 2 heterocycles. The van der Waals surface area contributed by atoms with Crippen LogP contribution in [0.25, 0.3) is 0 Å². The Hall–Kier alpha value is -2.28. The summed E-state index contributed by atoms with van der Waals surface area (Å²) < 4.78 is 11.1. The minimum absolute atomic E-state index is 0.120. The molecule has 0 N–H and O–H groups in total. The van der Waals surface area contributed by atoms with E-state index in [9.17, 15) is 9.59 Å². The van der Waals surface area contributed by atoms with Crippen molar-refractivity contribution in [3.8, 4) is 0 Å². The second-order valence-electron chi connectivity index (χ2n) is 10.3. The van der Waals surface area contributed by atoms with Crippen LogP contribution in [-0.4, -0.2) is 77.3 Å². The second-order valence-corrected chi connectivity index (χ2v) is 10.3. The van der Waals surface area contributed by atoms with Gasteiger partial charge in [-0.15, -0.1) is 0 Å². The molecule has 0 spiro atoms. The van der Waals surface area contributed by atoms with Gasteiger partial charge in [-0.3, -0.25) is 4.90 Å². The Morgan fingerprint density at radius 3 is 2.25 bits per heavy atom. The van der Waals surface area contributed by atoms with Crippen molar-refractivity contribution in [2.24, 2.45) is 5.92 Å². The zero-order chi connectivity index (χ0) is 23.3. The number of carbonyl (C=O) groups excluding carboxylic acids is 2. The Kier molecular flexibility index (Phi) is 8.04. The van der Waals surface area contributed by atoms with E-state index < -0.39 is 5.60 Å². The number of piperidine rings is 1. The lowest BCUT2D eigenvalue weighted by Gasteiger charge is -2.45. The monoisotopic (exact) mass is 445 g/mol. The van der Waals surface area contributed by atoms with Crippen LogP contribution < -0.4 is 0 Å². The molecule has 2 saturated heterocycles. The van der Waals surface area contributed by atoms with Gasteiger partial charge in [-0.05, 0) is 58.9 Å². The van der Waals surface area contributed by atoms with Crippen LogP contribution in [0.2, 0.25) is 0 Å². The molecule has 0 aliphatic carbocycles. The van der Waals surface area contributed by atoms with Gasteiger partial charge in [0.25, 0.3) is 0 Å². The number of benzene rings is 1. The van der Waals surface area contributed by atoms with Gasteiger partial charge in [0.05, 0.1) is 0 Å². The minimum Gasteiger partial charge on any atom is -0.445 e. The molecular formula is C25H39N3O4. The van der Waals surface area contributed by atoms with Crippen LogP contribution in [-0.2, 0) is 16.1 Å². The van der Waals surface area contributed by atoms with Gasteiger partial charge in [0, 0.05) is 44.8 Å². The average Bonchev–Trinajstić information content (AvgIpc) is 2.74. The summed E-state index contributed by atoms with van der Waals surface area (Å²) in [6.07, 6.45) is 1.51. The van der Waals surface area contributed by atoms with E-state index in [0.29, 0.717) is 19.1 Å². The Morgan fingerprint density at radius 1 is 0.969 bits per heavy atom. The normalized spacial score (nSPS) is 23.2. The zero-order valence-electron chi connectivity index (χ0n) is 20.3. The number of piperazine rings is 1. The van der Waals surface area contributed by atoms with E-state index in [2.05, 4.69) is 18.7 Å². The zero-order valence-corrected chi connectivity index (χ0v) is 20.3. The van der Waals surface area contributed by atoms with Crippen LogP contribution >= 0.6 is 0 Å². The second kappa shape index (κ2) is 10.6. The van der Waals surface area contributed by atoms with Crippen LogP contribution in [0.4, 0.5) is 9.59 Å². The maximum absolute atomic E-state index is 12.5. The highest BCUT2D eigenvalue weighted by Crippen LogP contribution is 2.24. The maximum atomic E-state index is 12.5. The minimum atomic E-state index is -0.479. The highest BCUT2D eigenvalue weighted by molar-refractivity contribution is 5.69. The molecule has 2 aliphatic rings. The van der Waals surface area contributed by atoms with Gasteiger partial charge >= 0.3 is 12.2 Å². The van der Waals surface area contributed by atoms with E-state index in [4.69, 9.17) is 9.47 Å². The lowest BCUT2D eigenvalue weighted by molar-refractivity contribution is -0.0147. The van der Waals surface area contributed by atoms with Gasteiger partial charge < -0.3 is 19.3 Å². The largest absolute Gasteiger partial charge is 0.445 e. The predicted octanol–water partition coefficient (Wildman–Crippen LogP) is 4.36. The first-order valence-corrected chi connectivity index (χ1v) is 11.8. The fourth-order valence-electron chi connectivity index (χ4n) is 4.47. The van der Waals surface area contributed by atoms with Gasteiger partial charge in [-0.2, -0.15) is 0 Å². The summed E-state index contributed by atoms with van der Waals surface area (Å²) in [6, 6.07) is 10.2. The highest BCUT2D eigenvalue weighted by Gasteiger charge is 2.36. The molecule has 7 nitrogen and oxygen atoms in total. The molecule has 178 valence electrons. The number of rotatable bonds is 4. The number of carbonyl (C=O) groups is 2. The summed E-state index contributed by atoms with van der Waals surface area (Å²) in [5, 5.41) is 0. The standard InChI is InChI=1S/C25H39N3O4/c1-19-16-28(24(30)32-25(3,4)5)20(2)15-27(19)17-21-11-13-26(14-12-21)23(29)31-18-22-9-7-6-8-10-22/h6-10,19-21H,11-18H2,1-5H3/t19-,20+/m0/s1. The number of likely N-dealkylation sites (tertiary alicyclic amines) is 1. The third-order valence-electron chi connectivity index (χ3n) is 6.31. The van der Waals surface area contributed by atoms with Crippen molar-refractivity contribution in [3.05, 3.63) is 35.9 Å². The summed E-state index contributed by atoms with van der Waals surface area (Å²) >= 11 is 0. The first-order chi connectivity index (χ1) is 15.1. The van der Waals surface area contributed by atoms with Crippen LogP contribution in [0.5, 0.6) is 0 Å². The summed E-state index contributed by atoms with van der Waals surface area (Å²) in [7, 11) is 0. The van der Waals surface area contributed by atoms with Crippen molar-refractivity contribution in [1.29, 1.82) is 0 Å². The Bertz CT molecular complexity index is 756. The number of amides is 2. The molecule has 3 rings (SSSR count). The van der Waals surface area contributed by atoms with Crippen LogP contribution in [0.15, 0.2) is 30.3 Å². The molecule has 0 radical (unpaired) electrons. The van der Waals surface area contributed by atoms with E-state index in [1.807, 2.05) is 60.9 Å². The van der Waals surface area contributed by atoms with E-state index >= 15 is 0 Å². The number of hydrogen-bond donors (Lipinski definition) is 0. The summed E-state index contributed by atoms with van der Waals surface area (Å²) in [6.45, 7) is 14.3. The van der Waals surface area contributed by atoms with Gasteiger partial charge in [0.1, 0.15) is 12.2 Å². The Morgan fingerprint density at radius 2 is 1.62 bits per heavy atom. The molecule has 2 amide bonds. The van der Waals surface area contributed by atoms with Gasteiger partial charge in [0.2, 0.25) is 0 Å². The average molecular weight is 446 g/mol. The number of nitrogens with zero attached hydrogens (tertiary/aromatic N) is 3. The Balaban J connectivity index is 1.42. The molecule has 2 atom stereocenters. The third-order valence-corrected chi connectivity index (χ3v) is 6.31. The maximum Gasteiger partial charge on any atom is 0.410 e. The topological polar surface area (TPSA) is 62.3 Å². The van der Waals surface area contributed by atoms with E-state index in [0.717, 1.165) is 44.6 Å². The van der Waals surface area contributed by atoms with E-state index in [1.54, 1.807) is 0 Å². The number of hydrogen-bond acceptors (Lipinski definition) is 5. The van der Waals surface area contributed by atoms with Gasteiger partial charge in [0.15, 0.2) is 0 Å². The highest BCUT2D eigenvalue weighted by atomic mass is 16.6. The summed E-state index contributed by atoms with van der Waals surface area (Å²) in [5.41, 5.74) is 0.525. The first kappa shape index (κ1) is 24.4. The van der Waals surface area contributed by atoms with Gasteiger partial charge in [-0.25, -0.2) is 9.59 Å². The summed E-state index contributed by atoms with van der Waals surface area (Å²) in [5.74, 6) is 0.552. The Labute approximate surface area is 192 Å². The third kappa shape index (κ3) is 6.86. The molecule has 0 unspecified atom stereocenters. The molecule has 0 aromatic heterocycles. The number of ether oxygens (including phenoxy) is 2. The van der Waals surface area contributed by atoms with Crippen molar-refractivity contribution in [2.45, 2.75) is 71.8 Å². The molecule has 32 heavy (non-hydrogen) atoms. The van der Waals surface area contributed by atoms with E-state index in [-0.39, 0.29) is 24.3 Å². The summed E-state index contributed by atoms with van der Waals surface area (Å²) in [4.78, 5) is 31.1. The molecular weight excluding hydrogens is 406 g/mol. The lowest BCUT2D eigenvalue weighted by Crippen LogP contribution is -2.59. The van der Waals surface area contributed by atoms with Crippen molar-refractivity contribution in [2.75, 3.05) is 32.7 Å². The molecule has 1 aromatic rings. The lowest BCUT2D eigenvalue weighted by atomic mass is 9.95. The fraction of sp³-hybridized carbons (Fsp3) is 0.680. The van der Waals surface area contributed by atoms with Crippen LogP contribution in [0.1, 0.15) is 53.0 Å². The molecule has 1 aromatic carbocycles. The van der Waals surface area contributed by atoms with Crippen LogP contribution in [0, 0.1) is 5.92 Å². The first-order valence-electron chi connectivity index (χ1n) is 11.8. The van der Waals surface area contributed by atoms with Crippen molar-refractivity contribution in [1.82, 2.24) is 14.7 Å². The van der Waals surface area contributed by atoms with Crippen molar-refractivity contribution < 1.29 is 19.1 Å². The molecule has 0 bridgehead atoms. The molecule has 2 fully saturated rings. The predicted molar refractivity (Wildman–Crippen MR) is 124 cm³/mol. The van der Waals surface area contributed by atoms with Gasteiger partial charge in [-0.1, -0.05) is 30.3 Å². The van der Waals surface area contributed by atoms with E-state index in [1.165, 1.54) is 0 Å². The van der Waals surface area contributed by atoms with Crippen molar-refractivity contribution >= 4 is 12.2 Å².